The standard InChI is InChI=1S/C64H78N8O7/c1-36-14-16-47(17-15-36)59-58-39(4)38(3)30-55(58)72-42(7)70-71-62(72)54(68-59)33-56(74)66-40(5)43-20-24-46(25-21-43)53-27-26-49(34-65-53)79-29-28-78-35-57(75)69-61(64(8,9)10)60(76)51-31-48(73)32-52(51)63(77)67-41(6)44-18-22-45(23-19-44)50-13-11-12-37(50)2/h11-12,14-27,34,40-41,48,51-52,54-55,58,61-62,71,73H,13,28-33,35H2,1-10H3,(H,66,74)(H,67,77)(H,69,75)/t40-,41-,48?,51?,52+,54?,55?,58?,61+,62?/m0/s1. The molecule has 10 atom stereocenters. The number of carbonyl (C=O) groups is 4. The number of hydrazone groups is 1. The zero-order valence-corrected chi connectivity index (χ0v) is 47.4. The van der Waals surface area contributed by atoms with Crippen molar-refractivity contribution in [2.75, 3.05) is 19.8 Å². The second kappa shape index (κ2) is 24.0. The van der Waals surface area contributed by atoms with E-state index in [1.54, 1.807) is 6.20 Å². The van der Waals surface area contributed by atoms with Gasteiger partial charge in [-0.2, -0.15) is 5.10 Å². The second-order valence-electron chi connectivity index (χ2n) is 23.4. The van der Waals surface area contributed by atoms with Gasteiger partial charge in [0.2, 0.25) is 17.7 Å². The first-order valence-corrected chi connectivity index (χ1v) is 28.0. The zero-order chi connectivity index (χ0) is 56.3. The van der Waals surface area contributed by atoms with Crippen LogP contribution in [0.5, 0.6) is 5.75 Å². The summed E-state index contributed by atoms with van der Waals surface area (Å²) >= 11 is 0. The molecule has 0 bridgehead atoms. The highest BCUT2D eigenvalue weighted by atomic mass is 16.5. The summed E-state index contributed by atoms with van der Waals surface area (Å²) < 4.78 is 11.6. The first-order chi connectivity index (χ1) is 37.7. The fourth-order valence-electron chi connectivity index (χ4n) is 12.1. The van der Waals surface area contributed by atoms with Crippen LogP contribution in [0.2, 0.25) is 0 Å². The van der Waals surface area contributed by atoms with Gasteiger partial charge < -0.3 is 35.4 Å². The number of hydrogen-bond acceptors (Lipinski definition) is 12. The van der Waals surface area contributed by atoms with Gasteiger partial charge in [0.1, 0.15) is 31.0 Å². The highest BCUT2D eigenvalue weighted by Gasteiger charge is 2.49. The molecule has 3 aliphatic carbocycles. The number of fused-ring (bicyclic) bond motifs is 3. The van der Waals surface area contributed by atoms with E-state index in [0.717, 1.165) is 57.9 Å². The van der Waals surface area contributed by atoms with Crippen molar-refractivity contribution in [1.82, 2.24) is 31.3 Å². The van der Waals surface area contributed by atoms with Crippen molar-refractivity contribution in [3.8, 4) is 17.0 Å². The number of carbonyl (C=O) groups excluding carboxylic acids is 4. The van der Waals surface area contributed by atoms with E-state index in [4.69, 9.17) is 14.5 Å². The zero-order valence-electron chi connectivity index (χ0n) is 47.4. The Morgan fingerprint density at radius 3 is 2.09 bits per heavy atom. The predicted octanol–water partition coefficient (Wildman–Crippen LogP) is 9.28. The number of nitrogens with one attached hydrogen (secondary N) is 4. The summed E-state index contributed by atoms with van der Waals surface area (Å²) in [7, 11) is 0. The molecule has 1 fully saturated rings. The maximum absolute atomic E-state index is 14.2. The van der Waals surface area contributed by atoms with E-state index in [1.807, 2.05) is 90.1 Å². The summed E-state index contributed by atoms with van der Waals surface area (Å²) in [6.45, 7) is 20.1. The van der Waals surface area contributed by atoms with Gasteiger partial charge in [-0.3, -0.25) is 34.6 Å². The Morgan fingerprint density at radius 2 is 1.44 bits per heavy atom. The summed E-state index contributed by atoms with van der Waals surface area (Å²) in [4.78, 5) is 67.6. The number of ether oxygens (including phenoxy) is 2. The molecule has 416 valence electrons. The lowest BCUT2D eigenvalue weighted by Crippen LogP contribution is -2.53. The molecule has 1 saturated carbocycles. The van der Waals surface area contributed by atoms with Crippen LogP contribution in [0.15, 0.2) is 130 Å². The van der Waals surface area contributed by atoms with Crippen molar-refractivity contribution in [2.45, 2.75) is 144 Å². The number of rotatable bonds is 19. The summed E-state index contributed by atoms with van der Waals surface area (Å²) in [5.41, 5.74) is 15.9. The Balaban J connectivity index is 0.728. The topological polar surface area (TPSA) is 196 Å². The number of hydrogen-bond donors (Lipinski definition) is 5. The molecule has 15 nitrogen and oxygen atoms in total. The molecule has 3 amide bonds. The van der Waals surface area contributed by atoms with E-state index in [1.165, 1.54) is 27.9 Å². The van der Waals surface area contributed by atoms with Gasteiger partial charge in [0.25, 0.3) is 0 Å². The number of amides is 3. The largest absolute Gasteiger partial charge is 0.490 e. The van der Waals surface area contributed by atoms with Crippen molar-refractivity contribution in [1.29, 1.82) is 0 Å². The van der Waals surface area contributed by atoms with E-state index in [0.29, 0.717) is 5.75 Å². The van der Waals surface area contributed by atoms with E-state index in [-0.39, 0.29) is 92.9 Å². The Bertz CT molecular complexity index is 3060. The number of aliphatic hydroxyl groups is 1. The van der Waals surface area contributed by atoms with Gasteiger partial charge in [0, 0.05) is 23.4 Å². The van der Waals surface area contributed by atoms with Crippen LogP contribution in [-0.4, -0.2) is 100 Å². The van der Waals surface area contributed by atoms with Gasteiger partial charge in [-0.15, -0.1) is 0 Å². The number of aryl methyl sites for hydroxylation is 1. The normalized spacial score (nSPS) is 23.7. The minimum absolute atomic E-state index is 0.0881. The lowest BCUT2D eigenvalue weighted by Gasteiger charge is -2.35. The van der Waals surface area contributed by atoms with Crippen LogP contribution < -0.4 is 26.1 Å². The van der Waals surface area contributed by atoms with Gasteiger partial charge in [-0.25, -0.2) is 0 Å². The first kappa shape index (κ1) is 56.5. The number of aliphatic imine (C=N–C) groups is 1. The number of pyridine rings is 1. The lowest BCUT2D eigenvalue weighted by molar-refractivity contribution is -0.138. The second-order valence-corrected chi connectivity index (χ2v) is 23.4. The molecule has 1 aromatic heterocycles. The van der Waals surface area contributed by atoms with Crippen LogP contribution in [0.1, 0.15) is 134 Å². The molecule has 5 N–H and O–H groups in total. The van der Waals surface area contributed by atoms with Gasteiger partial charge in [0.15, 0.2) is 5.78 Å². The molecule has 0 spiro atoms. The molecular weight excluding hydrogens is 993 g/mol. The van der Waals surface area contributed by atoms with E-state index in [2.05, 4.69) is 113 Å². The molecule has 3 aromatic carbocycles. The average Bonchev–Trinajstić information content (AvgIpc) is 4.30. The first-order valence-electron chi connectivity index (χ1n) is 28.0. The molecule has 6 unspecified atom stereocenters. The average molecular weight is 1070 g/mol. The van der Waals surface area contributed by atoms with Gasteiger partial charge in [0.05, 0.1) is 66.8 Å². The SMILES string of the molecule is CC1=NNC2C(CC(=O)N[C@@H](C)c3ccc(-c4ccc(OCCOCC(=O)N[C@H](C(=O)C5CC(O)C[C@H]5C(=O)N[C@@H](C)c5ccc(C6=C(C)C=CC6)cc5)C(C)(C)C)cn4)cc3)N=C(c3ccc(C)cc3)C3C(C)=C(C)CC3N12. The lowest BCUT2D eigenvalue weighted by atomic mass is 9.77. The van der Waals surface area contributed by atoms with Crippen LogP contribution in [0.3, 0.4) is 0 Å². The van der Waals surface area contributed by atoms with Crippen LogP contribution in [0.25, 0.3) is 16.8 Å². The number of allylic oxidation sites excluding steroid dienone is 4. The molecule has 15 heteroatoms. The Hall–Kier alpha value is -7.23. The van der Waals surface area contributed by atoms with Crippen LogP contribution in [0.4, 0.5) is 0 Å². The van der Waals surface area contributed by atoms with E-state index >= 15 is 0 Å². The molecular formula is C64H78N8O7. The number of nitrogens with zero attached hydrogens (tertiary/aromatic N) is 4. The van der Waals surface area contributed by atoms with Crippen LogP contribution in [-0.2, 0) is 23.9 Å². The third-order valence-electron chi connectivity index (χ3n) is 16.7. The van der Waals surface area contributed by atoms with E-state index < -0.39 is 35.3 Å². The van der Waals surface area contributed by atoms with E-state index in [9.17, 15) is 24.3 Å². The minimum atomic E-state index is -0.914. The summed E-state index contributed by atoms with van der Waals surface area (Å²) in [6, 6.07) is 26.7. The molecule has 4 aromatic rings. The Morgan fingerprint density at radius 1 is 0.785 bits per heavy atom. The number of benzene rings is 3. The molecule has 5 aliphatic rings. The summed E-state index contributed by atoms with van der Waals surface area (Å²) in [5, 5.41) is 24.6. The summed E-state index contributed by atoms with van der Waals surface area (Å²) in [6.07, 6.45) is 7.20. The highest BCUT2D eigenvalue weighted by molar-refractivity contribution is 6.06. The van der Waals surface area contributed by atoms with Crippen molar-refractivity contribution in [2.24, 2.45) is 33.3 Å². The highest BCUT2D eigenvalue weighted by Crippen LogP contribution is 2.43. The fraction of sp³-hybridized carbons (Fsp3) is 0.453. The predicted molar refractivity (Wildman–Crippen MR) is 309 cm³/mol. The molecule has 3 heterocycles. The monoisotopic (exact) mass is 1070 g/mol. The smallest absolute Gasteiger partial charge is 0.246 e. The molecule has 79 heavy (non-hydrogen) atoms. The van der Waals surface area contributed by atoms with Crippen molar-refractivity contribution in [3.05, 3.63) is 148 Å². The van der Waals surface area contributed by atoms with Crippen LogP contribution in [0, 0.1) is 30.1 Å². The molecule has 9 rings (SSSR count). The third kappa shape index (κ3) is 12.8. The third-order valence-corrected chi connectivity index (χ3v) is 16.7. The Labute approximate surface area is 465 Å². The maximum Gasteiger partial charge on any atom is 0.246 e. The number of ketones is 1. The van der Waals surface area contributed by atoms with Gasteiger partial charge >= 0.3 is 0 Å². The number of aliphatic hydroxyl groups excluding tert-OH is 1. The molecule has 0 saturated heterocycles. The van der Waals surface area contributed by atoms with Gasteiger partial charge in [-0.05, 0) is 125 Å². The fourth-order valence-corrected chi connectivity index (χ4v) is 12.1. The number of aromatic nitrogens is 1. The van der Waals surface area contributed by atoms with Crippen LogP contribution >= 0.6 is 0 Å². The van der Waals surface area contributed by atoms with Crippen molar-refractivity contribution < 1.29 is 33.8 Å². The maximum atomic E-state index is 14.2. The minimum Gasteiger partial charge on any atom is -0.490 e. The molecule has 2 aliphatic heterocycles. The Kier molecular flexibility index (Phi) is 17.2. The summed E-state index contributed by atoms with van der Waals surface area (Å²) in [5.74, 6) is -1.08. The van der Waals surface area contributed by atoms with Crippen molar-refractivity contribution in [3.63, 3.8) is 0 Å². The quantitative estimate of drug-likeness (QED) is 0.0446. The molecule has 0 radical (unpaired) electrons. The van der Waals surface area contributed by atoms with Gasteiger partial charge in [-0.1, -0.05) is 122 Å². The van der Waals surface area contributed by atoms with Crippen molar-refractivity contribution >= 4 is 40.6 Å². The number of Topliss-reactive ketones (excluding diaryl/α,β-unsaturated/α-hetero) is 1. The number of amidine groups is 1.